The van der Waals surface area contributed by atoms with E-state index >= 15 is 0 Å². The van der Waals surface area contributed by atoms with E-state index in [0.717, 1.165) is 0 Å². The topological polar surface area (TPSA) is 81.4 Å². The SMILES string of the molecule is CC(C)NC(CC(=O)OC(C)(C)C)C(N)=O. The number of rotatable bonds is 5. The van der Waals surface area contributed by atoms with Crippen molar-refractivity contribution in [3.63, 3.8) is 0 Å². The first-order valence-electron chi connectivity index (χ1n) is 5.39. The number of esters is 1. The highest BCUT2D eigenvalue weighted by molar-refractivity contribution is 5.85. The molecule has 0 spiro atoms. The van der Waals surface area contributed by atoms with Crippen LogP contribution < -0.4 is 11.1 Å². The Labute approximate surface area is 96.7 Å². The Morgan fingerprint density at radius 3 is 2.12 bits per heavy atom. The van der Waals surface area contributed by atoms with Crippen molar-refractivity contribution in [1.29, 1.82) is 0 Å². The monoisotopic (exact) mass is 230 g/mol. The third-order valence-electron chi connectivity index (χ3n) is 1.67. The van der Waals surface area contributed by atoms with E-state index in [9.17, 15) is 9.59 Å². The third-order valence-corrected chi connectivity index (χ3v) is 1.67. The summed E-state index contributed by atoms with van der Waals surface area (Å²) >= 11 is 0. The minimum Gasteiger partial charge on any atom is -0.460 e. The quantitative estimate of drug-likeness (QED) is 0.676. The Kier molecular flexibility index (Phi) is 5.44. The largest absolute Gasteiger partial charge is 0.460 e. The summed E-state index contributed by atoms with van der Waals surface area (Å²) in [7, 11) is 0. The van der Waals surface area contributed by atoms with E-state index < -0.39 is 23.5 Å². The van der Waals surface area contributed by atoms with E-state index in [1.165, 1.54) is 0 Å². The first-order chi connectivity index (χ1) is 7.11. The zero-order valence-electron chi connectivity index (χ0n) is 10.7. The zero-order chi connectivity index (χ0) is 12.9. The van der Waals surface area contributed by atoms with Crippen LogP contribution in [0.4, 0.5) is 0 Å². The second kappa shape index (κ2) is 5.84. The van der Waals surface area contributed by atoms with E-state index in [1.54, 1.807) is 20.8 Å². The second-order valence-corrected chi connectivity index (χ2v) is 5.07. The zero-order valence-corrected chi connectivity index (χ0v) is 10.7. The van der Waals surface area contributed by atoms with E-state index in [2.05, 4.69) is 5.32 Å². The molecular weight excluding hydrogens is 208 g/mol. The number of nitrogens with one attached hydrogen (secondary N) is 1. The van der Waals surface area contributed by atoms with Crippen molar-refractivity contribution in [2.24, 2.45) is 5.73 Å². The van der Waals surface area contributed by atoms with Crippen LogP contribution in [0.5, 0.6) is 0 Å². The molecule has 0 saturated carbocycles. The molecule has 5 heteroatoms. The van der Waals surface area contributed by atoms with Crippen LogP contribution in [0, 0.1) is 0 Å². The molecule has 1 atom stereocenters. The van der Waals surface area contributed by atoms with E-state index in [1.807, 2.05) is 13.8 Å². The van der Waals surface area contributed by atoms with Gasteiger partial charge in [0.15, 0.2) is 0 Å². The summed E-state index contributed by atoms with van der Waals surface area (Å²) < 4.78 is 5.11. The van der Waals surface area contributed by atoms with Gasteiger partial charge in [-0.15, -0.1) is 0 Å². The maximum absolute atomic E-state index is 11.5. The Bertz CT molecular complexity index is 256. The standard InChI is InChI=1S/C11H22N2O3/c1-7(2)13-8(10(12)15)6-9(14)16-11(3,4)5/h7-8,13H,6H2,1-5H3,(H2,12,15). The van der Waals surface area contributed by atoms with Crippen molar-refractivity contribution in [2.45, 2.75) is 58.7 Å². The van der Waals surface area contributed by atoms with Gasteiger partial charge in [0.25, 0.3) is 0 Å². The molecule has 0 saturated heterocycles. The molecule has 0 aromatic carbocycles. The third kappa shape index (κ3) is 7.23. The Morgan fingerprint density at radius 1 is 1.31 bits per heavy atom. The van der Waals surface area contributed by atoms with Crippen molar-refractivity contribution in [1.82, 2.24) is 5.32 Å². The first kappa shape index (κ1) is 14.9. The highest BCUT2D eigenvalue weighted by atomic mass is 16.6. The average molecular weight is 230 g/mol. The van der Waals surface area contributed by atoms with Gasteiger partial charge in [-0.1, -0.05) is 13.8 Å². The van der Waals surface area contributed by atoms with E-state index in [-0.39, 0.29) is 12.5 Å². The van der Waals surface area contributed by atoms with Gasteiger partial charge < -0.3 is 15.8 Å². The van der Waals surface area contributed by atoms with Gasteiger partial charge in [-0.25, -0.2) is 0 Å². The molecule has 16 heavy (non-hydrogen) atoms. The van der Waals surface area contributed by atoms with Crippen LogP contribution in [0.2, 0.25) is 0 Å². The molecule has 0 aromatic heterocycles. The van der Waals surface area contributed by atoms with Gasteiger partial charge in [0.05, 0.1) is 12.5 Å². The molecule has 0 rings (SSSR count). The fraction of sp³-hybridized carbons (Fsp3) is 0.818. The van der Waals surface area contributed by atoms with Crippen LogP contribution in [-0.4, -0.2) is 29.6 Å². The minimum absolute atomic E-state index is 0.0369. The maximum Gasteiger partial charge on any atom is 0.308 e. The smallest absolute Gasteiger partial charge is 0.308 e. The lowest BCUT2D eigenvalue weighted by molar-refractivity contribution is -0.156. The molecule has 0 fully saturated rings. The fourth-order valence-electron chi connectivity index (χ4n) is 1.19. The van der Waals surface area contributed by atoms with Crippen LogP contribution in [0.15, 0.2) is 0 Å². The maximum atomic E-state index is 11.5. The average Bonchev–Trinajstić information content (AvgIpc) is 1.97. The number of amides is 1. The van der Waals surface area contributed by atoms with E-state index in [0.29, 0.717) is 0 Å². The molecule has 0 bridgehead atoms. The predicted octanol–water partition coefficient (Wildman–Crippen LogP) is 0.570. The minimum atomic E-state index is -0.671. The number of primary amides is 1. The summed E-state index contributed by atoms with van der Waals surface area (Å²) in [5, 5.41) is 2.92. The van der Waals surface area contributed by atoms with Crippen molar-refractivity contribution < 1.29 is 14.3 Å². The van der Waals surface area contributed by atoms with Crippen molar-refractivity contribution in [3.05, 3.63) is 0 Å². The van der Waals surface area contributed by atoms with Gasteiger partial charge in [0.1, 0.15) is 5.60 Å². The number of hydrogen-bond acceptors (Lipinski definition) is 4. The van der Waals surface area contributed by atoms with Crippen molar-refractivity contribution in [2.75, 3.05) is 0 Å². The molecule has 0 aromatic rings. The van der Waals surface area contributed by atoms with Gasteiger partial charge in [-0.3, -0.25) is 9.59 Å². The fourth-order valence-corrected chi connectivity index (χ4v) is 1.19. The van der Waals surface area contributed by atoms with Gasteiger partial charge in [0, 0.05) is 6.04 Å². The van der Waals surface area contributed by atoms with Crippen molar-refractivity contribution in [3.8, 4) is 0 Å². The van der Waals surface area contributed by atoms with Gasteiger partial charge >= 0.3 is 5.97 Å². The molecule has 0 heterocycles. The lowest BCUT2D eigenvalue weighted by Crippen LogP contribution is -2.46. The number of ether oxygens (including phenoxy) is 1. The Morgan fingerprint density at radius 2 is 1.81 bits per heavy atom. The van der Waals surface area contributed by atoms with Gasteiger partial charge in [-0.05, 0) is 20.8 Å². The molecule has 94 valence electrons. The molecule has 1 unspecified atom stereocenters. The van der Waals surface area contributed by atoms with E-state index in [4.69, 9.17) is 10.5 Å². The summed E-state index contributed by atoms with van der Waals surface area (Å²) in [6.07, 6.45) is -0.0369. The summed E-state index contributed by atoms with van der Waals surface area (Å²) in [5.41, 5.74) is 4.64. The van der Waals surface area contributed by atoms with Gasteiger partial charge in [0.2, 0.25) is 5.91 Å². The molecule has 1 amide bonds. The number of hydrogen-bond donors (Lipinski definition) is 2. The summed E-state index contributed by atoms with van der Waals surface area (Å²) in [6.45, 7) is 9.09. The Balaban J connectivity index is 4.30. The number of nitrogens with two attached hydrogens (primary N) is 1. The Hall–Kier alpha value is -1.10. The number of carbonyl (C=O) groups is 2. The molecule has 0 aliphatic rings. The normalized spacial score (nSPS) is 13.6. The van der Waals surface area contributed by atoms with Gasteiger partial charge in [-0.2, -0.15) is 0 Å². The molecule has 0 aliphatic heterocycles. The lowest BCUT2D eigenvalue weighted by Gasteiger charge is -2.22. The molecule has 0 radical (unpaired) electrons. The predicted molar refractivity (Wildman–Crippen MR) is 61.7 cm³/mol. The highest BCUT2D eigenvalue weighted by Gasteiger charge is 2.23. The van der Waals surface area contributed by atoms with Crippen LogP contribution in [0.25, 0.3) is 0 Å². The second-order valence-electron chi connectivity index (χ2n) is 5.07. The number of carbonyl (C=O) groups excluding carboxylic acids is 2. The van der Waals surface area contributed by atoms with Crippen LogP contribution >= 0.6 is 0 Å². The van der Waals surface area contributed by atoms with Crippen molar-refractivity contribution >= 4 is 11.9 Å². The highest BCUT2D eigenvalue weighted by Crippen LogP contribution is 2.09. The summed E-state index contributed by atoms with van der Waals surface area (Å²) in [5.74, 6) is -0.969. The summed E-state index contributed by atoms with van der Waals surface area (Å²) in [6, 6.07) is -0.588. The summed E-state index contributed by atoms with van der Waals surface area (Å²) in [4.78, 5) is 22.6. The van der Waals surface area contributed by atoms with Crippen LogP contribution in [0.3, 0.4) is 0 Å². The lowest BCUT2D eigenvalue weighted by atomic mass is 10.1. The molecular formula is C11H22N2O3. The van der Waals surface area contributed by atoms with Crippen LogP contribution in [-0.2, 0) is 14.3 Å². The molecule has 5 nitrogen and oxygen atoms in total. The van der Waals surface area contributed by atoms with Crippen LogP contribution in [0.1, 0.15) is 41.0 Å². The first-order valence-corrected chi connectivity index (χ1v) is 5.39. The molecule has 0 aliphatic carbocycles. The molecule has 3 N–H and O–H groups in total.